The molecule has 1 fully saturated rings. The van der Waals surface area contributed by atoms with Gasteiger partial charge in [-0.05, 0) is 12.8 Å². The van der Waals surface area contributed by atoms with E-state index in [2.05, 4.69) is 4.98 Å². The predicted octanol–water partition coefficient (Wildman–Crippen LogP) is 1.27. The third-order valence-electron chi connectivity index (χ3n) is 2.36. The van der Waals surface area contributed by atoms with Gasteiger partial charge in [0, 0.05) is 12.4 Å². The van der Waals surface area contributed by atoms with Crippen LogP contribution in [0.25, 0.3) is 0 Å². The molecule has 0 spiro atoms. The molecule has 0 bridgehead atoms. The Balaban J connectivity index is 0.000000845. The van der Waals surface area contributed by atoms with E-state index in [-0.39, 0.29) is 24.4 Å². The summed E-state index contributed by atoms with van der Waals surface area (Å²) in [5, 5.41) is 8.65. The number of nitrogens with zero attached hydrogens (tertiary/aromatic N) is 2. The number of rotatable bonds is 3. The summed E-state index contributed by atoms with van der Waals surface area (Å²) in [7, 11) is 0. The molecule has 13 heavy (non-hydrogen) atoms. The molecule has 1 aromatic rings. The highest BCUT2D eigenvalue weighted by molar-refractivity contribution is 5.85. The lowest BCUT2D eigenvalue weighted by Crippen LogP contribution is -2.19. The van der Waals surface area contributed by atoms with Gasteiger partial charge in [-0.2, -0.15) is 0 Å². The van der Waals surface area contributed by atoms with Gasteiger partial charge >= 0.3 is 5.97 Å². The summed E-state index contributed by atoms with van der Waals surface area (Å²) in [4.78, 5) is 14.4. The van der Waals surface area contributed by atoms with Crippen LogP contribution in [0.4, 0.5) is 0 Å². The molecule has 2 rings (SSSR count). The molecule has 1 aromatic heterocycles. The van der Waals surface area contributed by atoms with Crippen LogP contribution in [0.2, 0.25) is 0 Å². The quantitative estimate of drug-likeness (QED) is 0.803. The number of carboxylic acid groups (broad SMARTS) is 1. The molecule has 0 amide bonds. The first-order valence-electron chi connectivity index (χ1n) is 3.93. The molecule has 4 nitrogen and oxygen atoms in total. The number of hydrogen-bond acceptors (Lipinski definition) is 2. The first-order valence-corrected chi connectivity index (χ1v) is 3.93. The Kier molecular flexibility index (Phi) is 2.61. The van der Waals surface area contributed by atoms with E-state index in [1.54, 1.807) is 12.5 Å². The van der Waals surface area contributed by atoms with Crippen molar-refractivity contribution in [3.63, 3.8) is 0 Å². The van der Waals surface area contributed by atoms with Gasteiger partial charge in [-0.25, -0.2) is 4.98 Å². The average Bonchev–Trinajstić information content (AvgIpc) is 2.61. The summed E-state index contributed by atoms with van der Waals surface area (Å²) in [6, 6.07) is 0. The van der Waals surface area contributed by atoms with Crippen molar-refractivity contribution in [2.45, 2.75) is 24.8 Å². The minimum atomic E-state index is -0.735. The first kappa shape index (κ1) is 10.1. The van der Waals surface area contributed by atoms with Crippen molar-refractivity contribution >= 4 is 18.4 Å². The number of hydrogen-bond donors (Lipinski definition) is 1. The number of carboxylic acids is 1. The zero-order chi connectivity index (χ0) is 8.60. The monoisotopic (exact) mass is 202 g/mol. The minimum Gasteiger partial charge on any atom is -0.481 e. The molecule has 72 valence electrons. The lowest BCUT2D eigenvalue weighted by atomic mass is 10.2. The van der Waals surface area contributed by atoms with Crippen LogP contribution < -0.4 is 0 Å². The highest BCUT2D eigenvalue weighted by Crippen LogP contribution is 2.46. The Morgan fingerprint density at radius 2 is 2.31 bits per heavy atom. The van der Waals surface area contributed by atoms with E-state index in [1.165, 1.54) is 0 Å². The Morgan fingerprint density at radius 3 is 2.69 bits per heavy atom. The maximum Gasteiger partial charge on any atom is 0.305 e. The molecule has 1 aliphatic rings. The van der Waals surface area contributed by atoms with Crippen molar-refractivity contribution in [2.24, 2.45) is 0 Å². The van der Waals surface area contributed by atoms with E-state index < -0.39 is 5.97 Å². The van der Waals surface area contributed by atoms with Gasteiger partial charge in [0.1, 0.15) is 0 Å². The molecular formula is C8H11ClN2O2. The third kappa shape index (κ3) is 1.83. The summed E-state index contributed by atoms with van der Waals surface area (Å²) >= 11 is 0. The van der Waals surface area contributed by atoms with Gasteiger partial charge < -0.3 is 9.67 Å². The lowest BCUT2D eigenvalue weighted by molar-refractivity contribution is -0.138. The van der Waals surface area contributed by atoms with Gasteiger partial charge in [0.25, 0.3) is 0 Å². The first-order chi connectivity index (χ1) is 5.73. The zero-order valence-corrected chi connectivity index (χ0v) is 7.83. The minimum absolute atomic E-state index is 0. The second kappa shape index (κ2) is 3.38. The van der Waals surface area contributed by atoms with E-state index in [0.29, 0.717) is 0 Å². The molecule has 0 unspecified atom stereocenters. The highest BCUT2D eigenvalue weighted by atomic mass is 35.5. The van der Waals surface area contributed by atoms with Crippen molar-refractivity contribution in [3.8, 4) is 0 Å². The summed E-state index contributed by atoms with van der Waals surface area (Å²) < 4.78 is 1.90. The van der Waals surface area contributed by atoms with Gasteiger partial charge in [-0.1, -0.05) is 0 Å². The molecule has 1 aliphatic carbocycles. The largest absolute Gasteiger partial charge is 0.481 e. The molecule has 1 heterocycles. The Hall–Kier alpha value is -1.03. The van der Waals surface area contributed by atoms with Crippen LogP contribution in [0.1, 0.15) is 19.3 Å². The topological polar surface area (TPSA) is 55.1 Å². The maximum absolute atomic E-state index is 10.5. The summed E-state index contributed by atoms with van der Waals surface area (Å²) in [5.74, 6) is -0.735. The summed E-state index contributed by atoms with van der Waals surface area (Å²) in [5.41, 5.74) is -0.150. The van der Waals surface area contributed by atoms with Crippen molar-refractivity contribution < 1.29 is 9.90 Å². The van der Waals surface area contributed by atoms with Crippen LogP contribution in [0, 0.1) is 0 Å². The molecule has 1 saturated carbocycles. The van der Waals surface area contributed by atoms with Gasteiger partial charge in [0.05, 0.1) is 18.3 Å². The smallest absolute Gasteiger partial charge is 0.305 e. The molecule has 0 radical (unpaired) electrons. The number of aliphatic carboxylic acids is 1. The Morgan fingerprint density at radius 1 is 1.62 bits per heavy atom. The lowest BCUT2D eigenvalue weighted by Gasteiger charge is -2.13. The van der Waals surface area contributed by atoms with Gasteiger partial charge in [-0.3, -0.25) is 4.79 Å². The van der Waals surface area contributed by atoms with Crippen molar-refractivity contribution in [1.29, 1.82) is 0 Å². The van der Waals surface area contributed by atoms with E-state index in [9.17, 15) is 4.79 Å². The van der Waals surface area contributed by atoms with Gasteiger partial charge in [-0.15, -0.1) is 12.4 Å². The SMILES string of the molecule is Cl.O=C(O)CC1(n2ccnc2)CC1. The number of imidazole rings is 1. The molecule has 0 aromatic carbocycles. The van der Waals surface area contributed by atoms with Crippen LogP contribution in [-0.2, 0) is 10.3 Å². The molecule has 0 aliphatic heterocycles. The van der Waals surface area contributed by atoms with Crippen LogP contribution in [0.15, 0.2) is 18.7 Å². The van der Waals surface area contributed by atoms with Crippen LogP contribution in [0.3, 0.4) is 0 Å². The number of aromatic nitrogens is 2. The Bertz CT molecular complexity index is 293. The molecule has 0 atom stereocenters. The fraction of sp³-hybridized carbons (Fsp3) is 0.500. The normalized spacial score (nSPS) is 17.5. The average molecular weight is 203 g/mol. The second-order valence-corrected chi connectivity index (χ2v) is 3.26. The number of carbonyl (C=O) groups is 1. The fourth-order valence-electron chi connectivity index (χ4n) is 1.49. The van der Waals surface area contributed by atoms with Crippen LogP contribution in [0.5, 0.6) is 0 Å². The summed E-state index contributed by atoms with van der Waals surface area (Å²) in [6.45, 7) is 0. The van der Waals surface area contributed by atoms with Gasteiger partial charge in [0.2, 0.25) is 0 Å². The van der Waals surface area contributed by atoms with E-state index in [0.717, 1.165) is 12.8 Å². The van der Waals surface area contributed by atoms with Crippen molar-refractivity contribution in [1.82, 2.24) is 9.55 Å². The Labute approximate surface area is 82.0 Å². The molecule has 1 N–H and O–H groups in total. The summed E-state index contributed by atoms with van der Waals surface area (Å²) in [6.07, 6.45) is 7.32. The predicted molar refractivity (Wildman–Crippen MR) is 48.9 cm³/mol. The third-order valence-corrected chi connectivity index (χ3v) is 2.36. The molecule has 0 saturated heterocycles. The molecular weight excluding hydrogens is 192 g/mol. The van der Waals surface area contributed by atoms with Crippen LogP contribution >= 0.6 is 12.4 Å². The van der Waals surface area contributed by atoms with E-state index in [4.69, 9.17) is 5.11 Å². The van der Waals surface area contributed by atoms with Crippen molar-refractivity contribution in [2.75, 3.05) is 0 Å². The van der Waals surface area contributed by atoms with Crippen molar-refractivity contribution in [3.05, 3.63) is 18.7 Å². The standard InChI is InChI=1S/C8H10N2O2.ClH/c11-7(12)5-8(1-2-8)10-4-3-9-6-10;/h3-4,6H,1-2,5H2,(H,11,12);1H. The second-order valence-electron chi connectivity index (χ2n) is 3.26. The molecule has 5 heteroatoms. The highest BCUT2D eigenvalue weighted by Gasteiger charge is 2.45. The fourth-order valence-corrected chi connectivity index (χ4v) is 1.49. The van der Waals surface area contributed by atoms with Gasteiger partial charge in [0.15, 0.2) is 0 Å². The maximum atomic E-state index is 10.5. The zero-order valence-electron chi connectivity index (χ0n) is 7.01. The van der Waals surface area contributed by atoms with E-state index >= 15 is 0 Å². The van der Waals surface area contributed by atoms with E-state index in [1.807, 2.05) is 10.8 Å². The number of halogens is 1. The van der Waals surface area contributed by atoms with Crippen LogP contribution in [-0.4, -0.2) is 20.6 Å².